The molecule has 2 saturated carbocycles. The molecule has 0 unspecified atom stereocenters. The van der Waals surface area contributed by atoms with Crippen LogP contribution in [0.15, 0.2) is 60.7 Å². The number of carbonyl (C=O) groups is 2. The highest BCUT2D eigenvalue weighted by Gasteiger charge is 2.32. The molecule has 9 heteroatoms. The standard InChI is InChI=1S/C38H41N3O5S/c1-23(2)47(44,45)40-38(43)26-15-17-32-34(21-26)41-22-28(30-11-7-8-12-33(30)39-37(42)25-13-14-25)19-27-20-29(46-3)16-18-31(27)36(41)35(32)24-9-5-4-6-10-24/h7-8,11-12,15-21,23-25H,4-6,9-10,13-14,22H2,1-3H3,(H,39,42)(H,40,43). The van der Waals surface area contributed by atoms with Gasteiger partial charge in [0.25, 0.3) is 5.91 Å². The average Bonchev–Trinajstić information content (AvgIpc) is 3.89. The smallest absolute Gasteiger partial charge is 0.264 e. The van der Waals surface area contributed by atoms with E-state index in [2.05, 4.69) is 32.8 Å². The van der Waals surface area contributed by atoms with Crippen LogP contribution in [0.1, 0.15) is 91.8 Å². The van der Waals surface area contributed by atoms with E-state index in [9.17, 15) is 18.0 Å². The fourth-order valence-corrected chi connectivity index (χ4v) is 7.72. The van der Waals surface area contributed by atoms with Crippen LogP contribution in [0.2, 0.25) is 0 Å². The van der Waals surface area contributed by atoms with Gasteiger partial charge in [0.15, 0.2) is 0 Å². The Hall–Kier alpha value is -4.37. The first-order chi connectivity index (χ1) is 22.6. The van der Waals surface area contributed by atoms with Crippen molar-refractivity contribution in [3.63, 3.8) is 0 Å². The van der Waals surface area contributed by atoms with E-state index in [0.29, 0.717) is 18.0 Å². The van der Waals surface area contributed by atoms with Crippen LogP contribution in [0.25, 0.3) is 33.8 Å². The number of sulfonamides is 1. The second-order valence-corrected chi connectivity index (χ2v) is 15.6. The number of hydrogen-bond donors (Lipinski definition) is 2. The number of para-hydroxylation sites is 1. The Morgan fingerprint density at radius 2 is 1.68 bits per heavy atom. The zero-order valence-electron chi connectivity index (χ0n) is 27.1. The summed E-state index contributed by atoms with van der Waals surface area (Å²) in [5, 5.41) is 3.53. The number of carbonyl (C=O) groups excluding carboxylic acids is 2. The van der Waals surface area contributed by atoms with Crippen LogP contribution < -0.4 is 14.8 Å². The monoisotopic (exact) mass is 651 g/mol. The number of amides is 2. The number of allylic oxidation sites excluding steroid dienone is 1. The highest BCUT2D eigenvalue weighted by atomic mass is 32.2. The molecule has 2 fully saturated rings. The van der Waals surface area contributed by atoms with Crippen molar-refractivity contribution in [2.24, 2.45) is 5.92 Å². The quantitative estimate of drug-likeness (QED) is 0.203. The third-order valence-corrected chi connectivity index (χ3v) is 11.6. The molecule has 0 bridgehead atoms. The molecule has 7 rings (SSSR count). The third-order valence-electron chi connectivity index (χ3n) is 9.89. The maximum atomic E-state index is 13.4. The zero-order valence-corrected chi connectivity index (χ0v) is 28.0. The number of hydrogen-bond acceptors (Lipinski definition) is 5. The molecule has 4 aromatic rings. The van der Waals surface area contributed by atoms with E-state index in [-0.39, 0.29) is 11.8 Å². The Bertz CT molecular complexity index is 2030. The van der Waals surface area contributed by atoms with Gasteiger partial charge in [-0.25, -0.2) is 13.1 Å². The van der Waals surface area contributed by atoms with Gasteiger partial charge in [-0.3, -0.25) is 9.59 Å². The number of methoxy groups -OCH3 is 1. The molecule has 2 N–H and O–H groups in total. The number of anilines is 1. The third kappa shape index (κ3) is 5.97. The van der Waals surface area contributed by atoms with E-state index in [0.717, 1.165) is 88.8 Å². The number of ether oxygens (including phenoxy) is 1. The second kappa shape index (κ2) is 12.3. The summed E-state index contributed by atoms with van der Waals surface area (Å²) in [6.45, 7) is 3.59. The van der Waals surface area contributed by atoms with Crippen LogP contribution in [0.5, 0.6) is 5.75 Å². The van der Waals surface area contributed by atoms with Crippen LogP contribution in [-0.2, 0) is 21.4 Å². The van der Waals surface area contributed by atoms with Gasteiger partial charge in [-0.1, -0.05) is 43.5 Å². The lowest BCUT2D eigenvalue weighted by Crippen LogP contribution is -2.35. The van der Waals surface area contributed by atoms with Crippen molar-refractivity contribution >= 4 is 50.1 Å². The van der Waals surface area contributed by atoms with E-state index in [1.54, 1.807) is 27.0 Å². The molecule has 47 heavy (non-hydrogen) atoms. The van der Waals surface area contributed by atoms with E-state index in [1.807, 2.05) is 42.5 Å². The minimum atomic E-state index is -3.80. The van der Waals surface area contributed by atoms with Gasteiger partial charge in [-0.2, -0.15) is 0 Å². The van der Waals surface area contributed by atoms with Crippen molar-refractivity contribution in [3.05, 3.63) is 82.9 Å². The largest absolute Gasteiger partial charge is 0.497 e. The summed E-state index contributed by atoms with van der Waals surface area (Å²) < 4.78 is 35.5. The van der Waals surface area contributed by atoms with Gasteiger partial charge in [0.1, 0.15) is 5.75 Å². The van der Waals surface area contributed by atoms with Crippen molar-refractivity contribution in [2.75, 3.05) is 12.4 Å². The molecule has 1 aromatic heterocycles. The zero-order chi connectivity index (χ0) is 32.9. The molecule has 2 aliphatic carbocycles. The lowest BCUT2D eigenvalue weighted by atomic mass is 9.81. The first-order valence-electron chi connectivity index (χ1n) is 16.7. The molecule has 0 radical (unpaired) electrons. The van der Waals surface area contributed by atoms with E-state index >= 15 is 0 Å². The summed E-state index contributed by atoms with van der Waals surface area (Å²) in [6, 6.07) is 19.7. The summed E-state index contributed by atoms with van der Waals surface area (Å²) in [4.78, 5) is 26.3. The van der Waals surface area contributed by atoms with Crippen molar-refractivity contribution in [2.45, 2.75) is 76.5 Å². The predicted octanol–water partition coefficient (Wildman–Crippen LogP) is 7.74. The summed E-state index contributed by atoms with van der Waals surface area (Å²) in [7, 11) is -2.13. The molecule has 0 spiro atoms. The van der Waals surface area contributed by atoms with Crippen molar-refractivity contribution in [1.29, 1.82) is 0 Å². The molecule has 244 valence electrons. The highest BCUT2D eigenvalue weighted by Crippen LogP contribution is 2.48. The summed E-state index contributed by atoms with van der Waals surface area (Å²) in [5.41, 5.74) is 8.36. The van der Waals surface area contributed by atoms with Crippen molar-refractivity contribution < 1.29 is 22.7 Å². The minimum Gasteiger partial charge on any atom is -0.497 e. The second-order valence-electron chi connectivity index (χ2n) is 13.4. The predicted molar refractivity (Wildman–Crippen MR) is 187 cm³/mol. The Morgan fingerprint density at radius 3 is 2.40 bits per heavy atom. The topological polar surface area (TPSA) is 106 Å². The Morgan fingerprint density at radius 1 is 0.915 bits per heavy atom. The minimum absolute atomic E-state index is 0.0485. The van der Waals surface area contributed by atoms with Gasteiger partial charge < -0.3 is 14.6 Å². The summed E-state index contributed by atoms with van der Waals surface area (Å²) in [5.74, 6) is 0.581. The maximum absolute atomic E-state index is 13.4. The molecule has 2 amide bonds. The number of fused-ring (bicyclic) bond motifs is 5. The maximum Gasteiger partial charge on any atom is 0.264 e. The van der Waals surface area contributed by atoms with Gasteiger partial charge in [0.05, 0.1) is 18.1 Å². The lowest BCUT2D eigenvalue weighted by Gasteiger charge is -2.24. The van der Waals surface area contributed by atoms with E-state index < -0.39 is 21.2 Å². The normalized spacial score (nSPS) is 16.6. The number of nitrogens with one attached hydrogen (secondary N) is 2. The number of rotatable bonds is 8. The van der Waals surface area contributed by atoms with Crippen LogP contribution in [-0.4, -0.2) is 37.2 Å². The van der Waals surface area contributed by atoms with Crippen molar-refractivity contribution in [1.82, 2.24) is 9.29 Å². The Kier molecular flexibility index (Phi) is 8.20. The Balaban J connectivity index is 1.44. The number of nitrogens with zero attached hydrogens (tertiary/aromatic N) is 1. The van der Waals surface area contributed by atoms with Crippen LogP contribution in [0, 0.1) is 5.92 Å². The molecule has 1 aliphatic heterocycles. The molecular weight excluding hydrogens is 611 g/mol. The van der Waals surface area contributed by atoms with Gasteiger partial charge in [0.2, 0.25) is 15.9 Å². The summed E-state index contributed by atoms with van der Waals surface area (Å²) in [6.07, 6.45) is 9.75. The highest BCUT2D eigenvalue weighted by molar-refractivity contribution is 7.90. The van der Waals surface area contributed by atoms with E-state index in [4.69, 9.17) is 4.74 Å². The molecule has 3 aliphatic rings. The first-order valence-corrected chi connectivity index (χ1v) is 18.2. The number of benzene rings is 3. The molecule has 3 aromatic carbocycles. The molecule has 0 saturated heterocycles. The lowest BCUT2D eigenvalue weighted by molar-refractivity contribution is -0.117. The van der Waals surface area contributed by atoms with Crippen LogP contribution in [0.3, 0.4) is 0 Å². The van der Waals surface area contributed by atoms with E-state index in [1.165, 1.54) is 12.0 Å². The van der Waals surface area contributed by atoms with Gasteiger partial charge in [-0.05, 0) is 105 Å². The van der Waals surface area contributed by atoms with Crippen LogP contribution in [0.4, 0.5) is 5.69 Å². The fourth-order valence-electron chi connectivity index (χ4n) is 7.10. The molecule has 2 heterocycles. The number of aromatic nitrogens is 1. The molecule has 0 atom stereocenters. The molecular formula is C38H41N3O5S. The van der Waals surface area contributed by atoms with Gasteiger partial charge in [0, 0.05) is 45.7 Å². The summed E-state index contributed by atoms with van der Waals surface area (Å²) >= 11 is 0. The Labute approximate surface area is 276 Å². The van der Waals surface area contributed by atoms with Crippen LogP contribution >= 0.6 is 0 Å². The SMILES string of the molecule is COc1ccc2c(c1)C=C(c1ccccc1NC(=O)C1CC1)Cn1c-2c(C2CCCCC2)c2ccc(C(=O)NS(=O)(=O)C(C)C)cc21. The first kappa shape index (κ1) is 31.2. The van der Waals surface area contributed by atoms with Gasteiger partial charge >= 0.3 is 0 Å². The molecule has 8 nitrogen and oxygen atoms in total. The average molecular weight is 652 g/mol. The fraction of sp³-hybridized carbons (Fsp3) is 0.368. The van der Waals surface area contributed by atoms with Gasteiger partial charge in [-0.15, -0.1) is 0 Å². The van der Waals surface area contributed by atoms with Crippen molar-refractivity contribution in [3.8, 4) is 17.0 Å².